The average molecular weight is 305 g/mol. The highest BCUT2D eigenvalue weighted by Gasteiger charge is 2.35. The zero-order valence-electron chi connectivity index (χ0n) is 12.7. The Bertz CT molecular complexity index is 584. The highest BCUT2D eigenvalue weighted by molar-refractivity contribution is 6.04. The Hall–Kier alpha value is -2.37. The Labute approximate surface area is 129 Å². The zero-order valence-corrected chi connectivity index (χ0v) is 12.7. The fourth-order valence-corrected chi connectivity index (χ4v) is 2.43. The van der Waals surface area contributed by atoms with Crippen LogP contribution in [0.15, 0.2) is 24.3 Å². The maximum atomic E-state index is 12.4. The molecular formula is C16H19NO5. The molecule has 118 valence electrons. The van der Waals surface area contributed by atoms with Gasteiger partial charge in [0, 0.05) is 12.1 Å². The van der Waals surface area contributed by atoms with Crippen molar-refractivity contribution in [2.24, 2.45) is 5.92 Å². The van der Waals surface area contributed by atoms with E-state index in [1.54, 1.807) is 31.2 Å². The van der Waals surface area contributed by atoms with E-state index in [9.17, 15) is 14.4 Å². The minimum absolute atomic E-state index is 0.0699. The molecule has 1 aromatic carbocycles. The van der Waals surface area contributed by atoms with E-state index >= 15 is 0 Å². The van der Waals surface area contributed by atoms with Crippen molar-refractivity contribution in [1.29, 1.82) is 0 Å². The molecule has 1 fully saturated rings. The van der Waals surface area contributed by atoms with E-state index in [-0.39, 0.29) is 24.8 Å². The molecule has 0 N–H and O–H groups in total. The second-order valence-electron chi connectivity index (χ2n) is 5.02. The van der Waals surface area contributed by atoms with Crippen LogP contribution in [0.25, 0.3) is 0 Å². The number of carbonyl (C=O) groups is 3. The van der Waals surface area contributed by atoms with Crippen LogP contribution < -0.4 is 4.74 Å². The number of methoxy groups -OCH3 is 1. The molecular weight excluding hydrogens is 286 g/mol. The van der Waals surface area contributed by atoms with Crippen LogP contribution in [0.3, 0.4) is 0 Å². The quantitative estimate of drug-likeness (QED) is 0.619. The van der Waals surface area contributed by atoms with Gasteiger partial charge in [-0.15, -0.1) is 0 Å². The van der Waals surface area contributed by atoms with Gasteiger partial charge in [0.05, 0.1) is 20.3 Å². The number of hydrogen-bond donors (Lipinski definition) is 0. The molecule has 1 aromatic rings. The molecule has 0 saturated carbocycles. The highest BCUT2D eigenvalue weighted by Crippen LogP contribution is 2.20. The number of nitrogens with zero attached hydrogens (tertiary/aromatic N) is 1. The van der Waals surface area contributed by atoms with Crippen molar-refractivity contribution >= 4 is 17.7 Å². The number of Topliss-reactive ketones (excluding diaryl/α,β-unsaturated/α-hetero) is 1. The van der Waals surface area contributed by atoms with Gasteiger partial charge in [-0.25, -0.2) is 0 Å². The Kier molecular flexibility index (Phi) is 5.14. The van der Waals surface area contributed by atoms with Crippen LogP contribution >= 0.6 is 0 Å². The van der Waals surface area contributed by atoms with Crippen LogP contribution in [0.5, 0.6) is 5.75 Å². The van der Waals surface area contributed by atoms with Crippen molar-refractivity contribution < 1.29 is 23.9 Å². The van der Waals surface area contributed by atoms with Gasteiger partial charge in [0.15, 0.2) is 5.78 Å². The lowest BCUT2D eigenvalue weighted by Crippen LogP contribution is -2.46. The van der Waals surface area contributed by atoms with Crippen LogP contribution in [0, 0.1) is 5.92 Å². The molecule has 1 aliphatic heterocycles. The molecule has 2 rings (SSSR count). The SMILES string of the molecule is CCOC(=O)C1CCN(C(=O)c2cccc(OC)c2)CC1=O. The molecule has 1 saturated heterocycles. The van der Waals surface area contributed by atoms with Crippen LogP contribution in [0.2, 0.25) is 0 Å². The normalized spacial score (nSPS) is 18.0. The van der Waals surface area contributed by atoms with Crippen LogP contribution in [-0.4, -0.2) is 49.4 Å². The smallest absolute Gasteiger partial charge is 0.316 e. The Morgan fingerprint density at radius 3 is 2.77 bits per heavy atom. The van der Waals surface area contributed by atoms with E-state index in [4.69, 9.17) is 9.47 Å². The first-order valence-electron chi connectivity index (χ1n) is 7.19. The Morgan fingerprint density at radius 1 is 1.36 bits per heavy atom. The van der Waals surface area contributed by atoms with Crippen LogP contribution in [0.1, 0.15) is 23.7 Å². The number of rotatable bonds is 4. The van der Waals surface area contributed by atoms with Gasteiger partial charge in [0.2, 0.25) is 0 Å². The van der Waals surface area contributed by atoms with Gasteiger partial charge in [-0.1, -0.05) is 6.07 Å². The third-order valence-electron chi connectivity index (χ3n) is 3.60. The Morgan fingerprint density at radius 2 is 2.14 bits per heavy atom. The van der Waals surface area contributed by atoms with Crippen molar-refractivity contribution in [2.45, 2.75) is 13.3 Å². The maximum absolute atomic E-state index is 12.4. The molecule has 1 heterocycles. The lowest BCUT2D eigenvalue weighted by atomic mass is 9.95. The van der Waals surface area contributed by atoms with E-state index < -0.39 is 11.9 Å². The van der Waals surface area contributed by atoms with Gasteiger partial charge >= 0.3 is 5.97 Å². The number of likely N-dealkylation sites (tertiary alicyclic amines) is 1. The topological polar surface area (TPSA) is 72.9 Å². The van der Waals surface area contributed by atoms with Crippen LogP contribution in [-0.2, 0) is 14.3 Å². The number of carbonyl (C=O) groups excluding carboxylic acids is 3. The number of ether oxygens (including phenoxy) is 2. The Balaban J connectivity index is 2.04. The van der Waals surface area contributed by atoms with Crippen molar-refractivity contribution in [2.75, 3.05) is 26.8 Å². The summed E-state index contributed by atoms with van der Waals surface area (Å²) >= 11 is 0. The lowest BCUT2D eigenvalue weighted by Gasteiger charge is -2.29. The molecule has 0 spiro atoms. The number of benzene rings is 1. The summed E-state index contributed by atoms with van der Waals surface area (Å²) in [6.45, 7) is 2.23. The first-order chi connectivity index (χ1) is 10.6. The summed E-state index contributed by atoms with van der Waals surface area (Å²) in [5.74, 6) is -1.19. The number of hydrogen-bond acceptors (Lipinski definition) is 5. The van der Waals surface area contributed by atoms with Gasteiger partial charge in [-0.3, -0.25) is 14.4 Å². The van der Waals surface area contributed by atoms with Crippen molar-refractivity contribution in [3.05, 3.63) is 29.8 Å². The van der Waals surface area contributed by atoms with Crippen molar-refractivity contribution in [1.82, 2.24) is 4.90 Å². The molecule has 6 nitrogen and oxygen atoms in total. The summed E-state index contributed by atoms with van der Waals surface area (Å²) in [5, 5.41) is 0. The summed E-state index contributed by atoms with van der Waals surface area (Å²) in [4.78, 5) is 37.6. The highest BCUT2D eigenvalue weighted by atomic mass is 16.5. The first-order valence-corrected chi connectivity index (χ1v) is 7.19. The fraction of sp³-hybridized carbons (Fsp3) is 0.438. The van der Waals surface area contributed by atoms with Gasteiger partial charge < -0.3 is 14.4 Å². The molecule has 1 aliphatic rings. The van der Waals surface area contributed by atoms with E-state index in [0.29, 0.717) is 24.3 Å². The standard InChI is InChI=1S/C16H19NO5/c1-3-22-16(20)13-7-8-17(10-14(13)18)15(19)11-5-4-6-12(9-11)21-2/h4-6,9,13H,3,7-8,10H2,1-2H3. The number of amides is 1. The number of piperidine rings is 1. The zero-order chi connectivity index (χ0) is 16.1. The average Bonchev–Trinajstić information content (AvgIpc) is 2.54. The van der Waals surface area contributed by atoms with Crippen LogP contribution in [0.4, 0.5) is 0 Å². The van der Waals surface area contributed by atoms with Gasteiger partial charge in [0.25, 0.3) is 5.91 Å². The maximum Gasteiger partial charge on any atom is 0.316 e. The summed E-state index contributed by atoms with van der Waals surface area (Å²) in [5.41, 5.74) is 0.460. The lowest BCUT2D eigenvalue weighted by molar-refractivity contribution is -0.153. The second-order valence-corrected chi connectivity index (χ2v) is 5.02. The third-order valence-corrected chi connectivity index (χ3v) is 3.60. The third kappa shape index (κ3) is 3.44. The van der Waals surface area contributed by atoms with Gasteiger partial charge in [-0.05, 0) is 31.5 Å². The predicted octanol–water partition coefficient (Wildman–Crippen LogP) is 1.29. The van der Waals surface area contributed by atoms with E-state index in [0.717, 1.165) is 0 Å². The van der Waals surface area contributed by atoms with E-state index in [2.05, 4.69) is 0 Å². The summed E-state index contributed by atoms with van der Waals surface area (Å²) < 4.78 is 9.97. The monoisotopic (exact) mass is 305 g/mol. The summed E-state index contributed by atoms with van der Waals surface area (Å²) in [6.07, 6.45) is 0.299. The molecule has 0 radical (unpaired) electrons. The van der Waals surface area contributed by atoms with Crippen molar-refractivity contribution in [3.8, 4) is 5.75 Å². The molecule has 1 amide bonds. The second kappa shape index (κ2) is 7.06. The minimum Gasteiger partial charge on any atom is -0.497 e. The van der Waals surface area contributed by atoms with E-state index in [1.807, 2.05) is 0 Å². The molecule has 6 heteroatoms. The molecule has 1 atom stereocenters. The molecule has 22 heavy (non-hydrogen) atoms. The summed E-state index contributed by atoms with van der Waals surface area (Å²) in [7, 11) is 1.53. The predicted molar refractivity (Wildman–Crippen MR) is 78.6 cm³/mol. The number of esters is 1. The first kappa shape index (κ1) is 16.0. The van der Waals surface area contributed by atoms with E-state index in [1.165, 1.54) is 12.0 Å². The fourth-order valence-electron chi connectivity index (χ4n) is 2.43. The summed E-state index contributed by atoms with van der Waals surface area (Å²) in [6, 6.07) is 6.77. The molecule has 0 aromatic heterocycles. The molecule has 1 unspecified atom stereocenters. The van der Waals surface area contributed by atoms with Crippen molar-refractivity contribution in [3.63, 3.8) is 0 Å². The largest absolute Gasteiger partial charge is 0.497 e. The number of ketones is 1. The van der Waals surface area contributed by atoms with Gasteiger partial charge in [-0.2, -0.15) is 0 Å². The van der Waals surface area contributed by atoms with Gasteiger partial charge in [0.1, 0.15) is 11.7 Å². The molecule has 0 bridgehead atoms. The minimum atomic E-state index is -0.755. The molecule has 0 aliphatic carbocycles.